The minimum absolute atomic E-state index is 0.179. The molecule has 1 unspecified atom stereocenters. The predicted octanol–water partition coefficient (Wildman–Crippen LogP) is 3.32. The van der Waals surface area contributed by atoms with Gasteiger partial charge in [0, 0.05) is 16.7 Å². The first kappa shape index (κ1) is 15.5. The maximum atomic E-state index is 11.8. The third-order valence-corrected chi connectivity index (χ3v) is 5.43. The van der Waals surface area contributed by atoms with Crippen molar-refractivity contribution in [2.75, 3.05) is 23.4 Å². The van der Waals surface area contributed by atoms with E-state index < -0.39 is 9.84 Å². The molecule has 1 aromatic carbocycles. The molecule has 5 heteroatoms. The van der Waals surface area contributed by atoms with Crippen LogP contribution in [-0.2, 0) is 9.84 Å². The highest BCUT2D eigenvalue weighted by Crippen LogP contribution is 2.20. The topological polar surface area (TPSA) is 46.2 Å². The molecular weight excluding hydrogens is 314 g/mol. The highest BCUT2D eigenvalue weighted by molar-refractivity contribution is 9.10. The summed E-state index contributed by atoms with van der Waals surface area (Å²) in [6.07, 6.45) is 0.900. The molecule has 0 saturated carbocycles. The van der Waals surface area contributed by atoms with E-state index in [-0.39, 0.29) is 17.4 Å². The fourth-order valence-electron chi connectivity index (χ4n) is 1.58. The number of nitrogens with one attached hydrogen (secondary N) is 1. The smallest absolute Gasteiger partial charge is 0.152 e. The van der Waals surface area contributed by atoms with Gasteiger partial charge in [-0.05, 0) is 34.0 Å². The van der Waals surface area contributed by atoms with Gasteiger partial charge in [-0.15, -0.1) is 0 Å². The number of halogens is 1. The van der Waals surface area contributed by atoms with Gasteiger partial charge in [0.1, 0.15) is 0 Å². The van der Waals surface area contributed by atoms with E-state index >= 15 is 0 Å². The maximum Gasteiger partial charge on any atom is 0.152 e. The van der Waals surface area contributed by atoms with Crippen molar-refractivity contribution in [3.8, 4) is 0 Å². The van der Waals surface area contributed by atoms with E-state index in [2.05, 4.69) is 21.2 Å². The maximum absolute atomic E-state index is 11.8. The molecule has 0 aliphatic rings. The summed E-state index contributed by atoms with van der Waals surface area (Å²) in [7, 11) is -2.95. The quantitative estimate of drug-likeness (QED) is 0.832. The van der Waals surface area contributed by atoms with E-state index in [9.17, 15) is 8.42 Å². The summed E-state index contributed by atoms with van der Waals surface area (Å²) >= 11 is 3.42. The zero-order chi connectivity index (χ0) is 13.6. The Labute approximate surface area is 118 Å². The summed E-state index contributed by atoms with van der Waals surface area (Å²) < 4.78 is 24.6. The van der Waals surface area contributed by atoms with Crippen molar-refractivity contribution in [2.45, 2.75) is 20.3 Å². The average molecular weight is 334 g/mol. The summed E-state index contributed by atoms with van der Waals surface area (Å²) in [5, 5.41) is 3.13. The molecule has 3 nitrogen and oxygen atoms in total. The first-order valence-corrected chi connectivity index (χ1v) is 8.75. The van der Waals surface area contributed by atoms with Gasteiger partial charge in [0.2, 0.25) is 0 Å². The molecule has 1 atom stereocenters. The van der Waals surface area contributed by atoms with Crippen molar-refractivity contribution in [1.82, 2.24) is 0 Å². The normalized spacial score (nSPS) is 13.3. The Bertz CT molecular complexity index is 474. The third kappa shape index (κ3) is 5.40. The van der Waals surface area contributed by atoms with E-state index in [4.69, 9.17) is 0 Å². The molecule has 18 heavy (non-hydrogen) atoms. The van der Waals surface area contributed by atoms with Crippen LogP contribution in [0.25, 0.3) is 0 Å². The molecule has 1 N–H and O–H groups in total. The van der Waals surface area contributed by atoms with Crippen molar-refractivity contribution < 1.29 is 8.42 Å². The van der Waals surface area contributed by atoms with Crippen LogP contribution >= 0.6 is 15.9 Å². The van der Waals surface area contributed by atoms with Gasteiger partial charge in [-0.3, -0.25) is 0 Å². The lowest BCUT2D eigenvalue weighted by molar-refractivity contribution is 0.564. The average Bonchev–Trinajstić information content (AvgIpc) is 2.30. The lowest BCUT2D eigenvalue weighted by atomic mass is 10.2. The molecule has 0 amide bonds. The van der Waals surface area contributed by atoms with Crippen molar-refractivity contribution >= 4 is 31.5 Å². The zero-order valence-corrected chi connectivity index (χ0v) is 13.2. The molecule has 0 heterocycles. The first-order valence-electron chi connectivity index (χ1n) is 6.13. The fraction of sp³-hybridized carbons (Fsp3) is 0.538. The lowest BCUT2D eigenvalue weighted by Gasteiger charge is -2.11. The van der Waals surface area contributed by atoms with Crippen LogP contribution in [0.1, 0.15) is 20.3 Å². The van der Waals surface area contributed by atoms with E-state index in [1.165, 1.54) is 0 Å². The summed E-state index contributed by atoms with van der Waals surface area (Å²) in [5.74, 6) is 0.693. The molecule has 0 aliphatic carbocycles. The van der Waals surface area contributed by atoms with E-state index in [0.717, 1.165) is 16.6 Å². The van der Waals surface area contributed by atoms with Gasteiger partial charge in [-0.25, -0.2) is 8.42 Å². The zero-order valence-electron chi connectivity index (χ0n) is 10.8. The molecule has 102 valence electrons. The summed E-state index contributed by atoms with van der Waals surface area (Å²) in [4.78, 5) is 0. The van der Waals surface area contributed by atoms with Crippen LogP contribution in [0.3, 0.4) is 0 Å². The van der Waals surface area contributed by atoms with E-state index in [1.54, 1.807) is 0 Å². The van der Waals surface area contributed by atoms with Crippen molar-refractivity contribution in [2.24, 2.45) is 5.92 Å². The Kier molecular flexibility index (Phi) is 6.15. The molecule has 0 radical (unpaired) electrons. The number of hydrogen-bond donors (Lipinski definition) is 1. The number of para-hydroxylation sites is 1. The molecule has 0 aliphatic heterocycles. The monoisotopic (exact) mass is 333 g/mol. The fourth-order valence-corrected chi connectivity index (χ4v) is 3.69. The standard InChI is InChI=1S/C13H20BrNO2S/c1-3-11(2)10-18(16,17)9-8-15-13-7-5-4-6-12(13)14/h4-7,11,15H,3,8-10H2,1-2H3. The van der Waals surface area contributed by atoms with Gasteiger partial charge in [-0.1, -0.05) is 32.4 Å². The molecule has 0 bridgehead atoms. The predicted molar refractivity (Wildman–Crippen MR) is 80.7 cm³/mol. The SMILES string of the molecule is CCC(C)CS(=O)(=O)CCNc1ccccc1Br. The minimum Gasteiger partial charge on any atom is -0.383 e. The van der Waals surface area contributed by atoms with Crippen LogP contribution in [0.15, 0.2) is 28.7 Å². The second-order valence-electron chi connectivity index (χ2n) is 4.53. The third-order valence-electron chi connectivity index (χ3n) is 2.84. The molecule has 0 spiro atoms. The van der Waals surface area contributed by atoms with E-state index in [1.807, 2.05) is 38.1 Å². The molecular formula is C13H20BrNO2S. The molecule has 0 saturated heterocycles. The Hall–Kier alpha value is -0.550. The van der Waals surface area contributed by atoms with Gasteiger partial charge in [0.15, 0.2) is 9.84 Å². The summed E-state index contributed by atoms with van der Waals surface area (Å²) in [6.45, 7) is 4.43. The van der Waals surface area contributed by atoms with Gasteiger partial charge in [-0.2, -0.15) is 0 Å². The number of sulfone groups is 1. The van der Waals surface area contributed by atoms with Crippen LogP contribution in [0.2, 0.25) is 0 Å². The second kappa shape index (κ2) is 7.14. The van der Waals surface area contributed by atoms with Crippen molar-refractivity contribution in [3.05, 3.63) is 28.7 Å². The summed E-state index contributed by atoms with van der Waals surface area (Å²) in [6, 6.07) is 7.69. The molecule has 1 rings (SSSR count). The highest BCUT2D eigenvalue weighted by atomic mass is 79.9. The number of rotatable bonds is 7. The Morgan fingerprint density at radius 1 is 1.33 bits per heavy atom. The van der Waals surface area contributed by atoms with Crippen LogP contribution in [0, 0.1) is 5.92 Å². The molecule has 0 aromatic heterocycles. The highest BCUT2D eigenvalue weighted by Gasteiger charge is 2.14. The van der Waals surface area contributed by atoms with Crippen LogP contribution in [-0.4, -0.2) is 26.5 Å². The molecule has 0 fully saturated rings. The van der Waals surface area contributed by atoms with Gasteiger partial charge in [0.05, 0.1) is 11.5 Å². The Morgan fingerprint density at radius 2 is 2.00 bits per heavy atom. The van der Waals surface area contributed by atoms with Crippen LogP contribution < -0.4 is 5.32 Å². The first-order chi connectivity index (χ1) is 8.44. The largest absolute Gasteiger partial charge is 0.383 e. The van der Waals surface area contributed by atoms with Gasteiger partial charge >= 0.3 is 0 Å². The summed E-state index contributed by atoms with van der Waals surface area (Å²) in [5.41, 5.74) is 0.927. The second-order valence-corrected chi connectivity index (χ2v) is 7.62. The number of anilines is 1. The number of hydrogen-bond acceptors (Lipinski definition) is 3. The van der Waals surface area contributed by atoms with E-state index in [0.29, 0.717) is 6.54 Å². The van der Waals surface area contributed by atoms with Gasteiger partial charge < -0.3 is 5.32 Å². The van der Waals surface area contributed by atoms with Gasteiger partial charge in [0.25, 0.3) is 0 Å². The van der Waals surface area contributed by atoms with Crippen LogP contribution in [0.4, 0.5) is 5.69 Å². The Balaban J connectivity index is 2.44. The van der Waals surface area contributed by atoms with Crippen LogP contribution in [0.5, 0.6) is 0 Å². The van der Waals surface area contributed by atoms with Crippen molar-refractivity contribution in [1.29, 1.82) is 0 Å². The minimum atomic E-state index is -2.95. The number of benzene rings is 1. The van der Waals surface area contributed by atoms with Crippen molar-refractivity contribution in [3.63, 3.8) is 0 Å². The molecule has 1 aromatic rings. The Morgan fingerprint density at radius 3 is 2.61 bits per heavy atom. The lowest BCUT2D eigenvalue weighted by Crippen LogP contribution is -2.21.